The predicted molar refractivity (Wildman–Crippen MR) is 72.0 cm³/mol. The highest BCUT2D eigenvalue weighted by molar-refractivity contribution is 5.90. The Morgan fingerprint density at radius 1 is 1.41 bits per heavy atom. The van der Waals surface area contributed by atoms with Crippen molar-refractivity contribution in [2.45, 2.75) is 13.8 Å². The van der Waals surface area contributed by atoms with Gasteiger partial charge in [0.2, 0.25) is 0 Å². The van der Waals surface area contributed by atoms with E-state index in [9.17, 15) is 0 Å². The average Bonchev–Trinajstić information content (AvgIpc) is 2.78. The number of nitrogens with zero attached hydrogens (tertiary/aromatic N) is 1. The fourth-order valence-electron chi connectivity index (χ4n) is 1.95. The summed E-state index contributed by atoms with van der Waals surface area (Å²) in [4.78, 5) is 0. The van der Waals surface area contributed by atoms with Crippen LogP contribution in [-0.2, 0) is 0 Å². The van der Waals surface area contributed by atoms with Crippen molar-refractivity contribution in [2.75, 3.05) is 18.4 Å². The van der Waals surface area contributed by atoms with Gasteiger partial charge >= 0.3 is 0 Å². The molecule has 0 aliphatic heterocycles. The van der Waals surface area contributed by atoms with E-state index in [0.29, 0.717) is 18.4 Å². The molecule has 4 heteroatoms. The highest BCUT2D eigenvalue weighted by Gasteiger charge is 2.11. The fourth-order valence-corrected chi connectivity index (χ4v) is 1.95. The highest BCUT2D eigenvalue weighted by atomic mass is 15.1. The number of aromatic amines is 1. The molecule has 4 N–H and O–H groups in total. The predicted octanol–water partition coefficient (Wildman–Crippen LogP) is 2.21. The minimum atomic E-state index is 0.497. The average molecular weight is 232 g/mol. The third kappa shape index (κ3) is 2.58. The number of benzene rings is 1. The van der Waals surface area contributed by atoms with Gasteiger partial charge in [0.05, 0.1) is 11.7 Å². The molecule has 0 amide bonds. The van der Waals surface area contributed by atoms with Gasteiger partial charge in [-0.1, -0.05) is 19.9 Å². The van der Waals surface area contributed by atoms with Crippen LogP contribution in [0.2, 0.25) is 0 Å². The quantitative estimate of drug-likeness (QED) is 0.740. The normalized spacial score (nSPS) is 13.2. The van der Waals surface area contributed by atoms with Crippen LogP contribution in [0.4, 0.5) is 5.69 Å². The molecule has 0 aliphatic rings. The first-order valence-electron chi connectivity index (χ1n) is 6.08. The van der Waals surface area contributed by atoms with E-state index in [1.54, 1.807) is 0 Å². The number of fused-ring (bicyclic) bond motifs is 1. The maximum atomic E-state index is 5.77. The number of aromatic nitrogens is 2. The number of nitrogens with one attached hydrogen (secondary N) is 2. The number of hydrogen-bond donors (Lipinski definition) is 3. The van der Waals surface area contributed by atoms with Gasteiger partial charge in [-0.05, 0) is 30.5 Å². The second-order valence-electron chi connectivity index (χ2n) is 4.76. The Morgan fingerprint density at radius 3 is 2.94 bits per heavy atom. The molecule has 17 heavy (non-hydrogen) atoms. The van der Waals surface area contributed by atoms with Crippen molar-refractivity contribution in [3.8, 4) is 0 Å². The van der Waals surface area contributed by atoms with Crippen molar-refractivity contribution in [3.05, 3.63) is 24.4 Å². The topological polar surface area (TPSA) is 66.7 Å². The number of hydrogen-bond acceptors (Lipinski definition) is 3. The molecule has 2 aromatic rings. The van der Waals surface area contributed by atoms with Gasteiger partial charge in [0.25, 0.3) is 0 Å². The molecule has 0 saturated carbocycles. The number of rotatable bonds is 5. The Bertz CT molecular complexity index is 475. The van der Waals surface area contributed by atoms with Crippen molar-refractivity contribution in [3.63, 3.8) is 0 Å². The summed E-state index contributed by atoms with van der Waals surface area (Å²) in [5.74, 6) is 1.09. The summed E-state index contributed by atoms with van der Waals surface area (Å²) in [7, 11) is 0. The SMILES string of the molecule is CC(C)C(CN)CNc1cccc2[nH]ncc12. The Labute approximate surface area is 102 Å². The third-order valence-electron chi connectivity index (χ3n) is 3.29. The molecule has 4 nitrogen and oxygen atoms in total. The van der Waals surface area contributed by atoms with Gasteiger partial charge in [-0.15, -0.1) is 0 Å². The summed E-state index contributed by atoms with van der Waals surface area (Å²) >= 11 is 0. The largest absolute Gasteiger partial charge is 0.384 e. The number of nitrogens with two attached hydrogens (primary N) is 1. The minimum Gasteiger partial charge on any atom is -0.384 e. The van der Waals surface area contributed by atoms with Gasteiger partial charge in [-0.3, -0.25) is 5.10 Å². The summed E-state index contributed by atoms with van der Waals surface area (Å²) < 4.78 is 0. The van der Waals surface area contributed by atoms with Crippen LogP contribution < -0.4 is 11.1 Å². The van der Waals surface area contributed by atoms with Crippen LogP contribution in [0.3, 0.4) is 0 Å². The Kier molecular flexibility index (Phi) is 3.64. The summed E-state index contributed by atoms with van der Waals surface area (Å²) in [6.45, 7) is 6.03. The molecule has 0 fully saturated rings. The number of H-pyrrole nitrogens is 1. The van der Waals surface area contributed by atoms with Gasteiger partial charge in [0, 0.05) is 17.6 Å². The van der Waals surface area contributed by atoms with E-state index in [2.05, 4.69) is 35.4 Å². The second-order valence-corrected chi connectivity index (χ2v) is 4.76. The Morgan fingerprint density at radius 2 is 2.24 bits per heavy atom. The molecule has 1 aromatic carbocycles. The van der Waals surface area contributed by atoms with Crippen LogP contribution in [0.1, 0.15) is 13.8 Å². The monoisotopic (exact) mass is 232 g/mol. The molecule has 92 valence electrons. The van der Waals surface area contributed by atoms with E-state index in [-0.39, 0.29) is 0 Å². The molecule has 1 unspecified atom stereocenters. The van der Waals surface area contributed by atoms with E-state index in [1.165, 1.54) is 0 Å². The van der Waals surface area contributed by atoms with Crippen LogP contribution >= 0.6 is 0 Å². The zero-order valence-electron chi connectivity index (χ0n) is 10.4. The second kappa shape index (κ2) is 5.19. The van der Waals surface area contributed by atoms with E-state index in [4.69, 9.17) is 5.73 Å². The van der Waals surface area contributed by atoms with E-state index in [1.807, 2.05) is 18.3 Å². The van der Waals surface area contributed by atoms with Crippen molar-refractivity contribution in [2.24, 2.45) is 17.6 Å². The molecule has 0 aliphatic carbocycles. The molecule has 2 rings (SSSR count). The van der Waals surface area contributed by atoms with Gasteiger partial charge in [-0.25, -0.2) is 0 Å². The lowest BCUT2D eigenvalue weighted by Gasteiger charge is -2.20. The standard InChI is InChI=1S/C13H20N4/c1-9(2)10(6-14)7-15-12-4-3-5-13-11(12)8-16-17-13/h3-5,8-10,15H,6-7,14H2,1-2H3,(H,16,17). The van der Waals surface area contributed by atoms with E-state index < -0.39 is 0 Å². The molecular formula is C13H20N4. The van der Waals surface area contributed by atoms with E-state index >= 15 is 0 Å². The molecule has 0 radical (unpaired) electrons. The molecular weight excluding hydrogens is 212 g/mol. The highest BCUT2D eigenvalue weighted by Crippen LogP contribution is 2.21. The molecule has 0 saturated heterocycles. The molecule has 1 heterocycles. The lowest BCUT2D eigenvalue weighted by atomic mass is 9.96. The molecule has 1 atom stereocenters. The fraction of sp³-hybridized carbons (Fsp3) is 0.462. The smallest absolute Gasteiger partial charge is 0.0671 e. The lowest BCUT2D eigenvalue weighted by molar-refractivity contribution is 0.413. The van der Waals surface area contributed by atoms with Gasteiger partial charge in [0.15, 0.2) is 0 Å². The maximum Gasteiger partial charge on any atom is 0.0671 e. The first kappa shape index (κ1) is 11.9. The van der Waals surface area contributed by atoms with Crippen LogP contribution in [0.5, 0.6) is 0 Å². The van der Waals surface area contributed by atoms with Crippen molar-refractivity contribution in [1.82, 2.24) is 10.2 Å². The third-order valence-corrected chi connectivity index (χ3v) is 3.29. The Hall–Kier alpha value is -1.55. The van der Waals surface area contributed by atoms with Crippen molar-refractivity contribution in [1.29, 1.82) is 0 Å². The summed E-state index contributed by atoms with van der Waals surface area (Å²) in [6.07, 6.45) is 1.85. The van der Waals surface area contributed by atoms with Crippen molar-refractivity contribution < 1.29 is 0 Å². The maximum absolute atomic E-state index is 5.77. The lowest BCUT2D eigenvalue weighted by Crippen LogP contribution is -2.27. The van der Waals surface area contributed by atoms with Gasteiger partial charge in [-0.2, -0.15) is 5.10 Å². The summed E-state index contributed by atoms with van der Waals surface area (Å²) in [5, 5.41) is 11.6. The molecule has 0 bridgehead atoms. The van der Waals surface area contributed by atoms with Gasteiger partial charge < -0.3 is 11.1 Å². The zero-order valence-corrected chi connectivity index (χ0v) is 10.4. The minimum absolute atomic E-state index is 0.497. The van der Waals surface area contributed by atoms with Crippen LogP contribution in [0.15, 0.2) is 24.4 Å². The summed E-state index contributed by atoms with van der Waals surface area (Å²) in [5.41, 5.74) is 7.95. The van der Waals surface area contributed by atoms with Crippen LogP contribution in [-0.4, -0.2) is 23.3 Å². The Balaban J connectivity index is 2.10. The molecule has 0 spiro atoms. The zero-order chi connectivity index (χ0) is 12.3. The van der Waals surface area contributed by atoms with Crippen LogP contribution in [0, 0.1) is 11.8 Å². The van der Waals surface area contributed by atoms with Crippen molar-refractivity contribution >= 4 is 16.6 Å². The molecule has 1 aromatic heterocycles. The summed E-state index contributed by atoms with van der Waals surface area (Å²) in [6, 6.07) is 6.12. The first-order chi connectivity index (χ1) is 8.22. The first-order valence-corrected chi connectivity index (χ1v) is 6.08. The number of anilines is 1. The van der Waals surface area contributed by atoms with Crippen LogP contribution in [0.25, 0.3) is 10.9 Å². The van der Waals surface area contributed by atoms with E-state index in [0.717, 1.165) is 23.1 Å². The van der Waals surface area contributed by atoms with Gasteiger partial charge in [0.1, 0.15) is 0 Å².